The molecule has 0 bridgehead atoms. The van der Waals surface area contributed by atoms with Crippen LogP contribution in [0, 0.1) is 0 Å². The number of halogens is 3. The normalized spacial score (nSPS) is 11.8. The van der Waals surface area contributed by atoms with Crippen LogP contribution in [0.25, 0.3) is 17.1 Å². The van der Waals surface area contributed by atoms with Gasteiger partial charge < -0.3 is 9.47 Å². The molecule has 34 heavy (non-hydrogen) atoms. The Balaban J connectivity index is 1.69. The van der Waals surface area contributed by atoms with Gasteiger partial charge in [-0.25, -0.2) is 4.98 Å². The molecule has 0 fully saturated rings. The van der Waals surface area contributed by atoms with Crippen LogP contribution in [0.1, 0.15) is 33.7 Å². The number of para-hydroxylation sites is 1. The first-order valence-electron chi connectivity index (χ1n) is 9.53. The number of hydrogen-bond acceptors (Lipinski definition) is 8. The number of carbonyl (C=O) groups excluding carboxylic acids is 1. The number of anilines is 1. The topological polar surface area (TPSA) is 90.6 Å². The van der Waals surface area contributed by atoms with Crippen molar-refractivity contribution in [2.45, 2.75) is 13.1 Å². The Bertz CT molecular complexity index is 1400. The first-order valence-corrected chi connectivity index (χ1v) is 11.2. The van der Waals surface area contributed by atoms with E-state index >= 15 is 0 Å². The molecule has 176 valence electrons. The molecule has 4 aromatic rings. The second kappa shape index (κ2) is 9.27. The number of thiazole rings is 1. The zero-order valence-electron chi connectivity index (χ0n) is 17.7. The molecule has 1 aromatic carbocycles. The number of benzene rings is 1. The highest BCUT2D eigenvalue weighted by Gasteiger charge is 2.36. The molecule has 0 radical (unpaired) electrons. The number of allylic oxidation sites excluding steroid dienone is 1. The van der Waals surface area contributed by atoms with Crippen LogP contribution in [0.15, 0.2) is 42.1 Å². The van der Waals surface area contributed by atoms with Crippen molar-refractivity contribution in [1.29, 1.82) is 0 Å². The molecular weight excluding hydrogens is 491 g/mol. The minimum Gasteiger partial charge on any atom is -0.493 e. The van der Waals surface area contributed by atoms with Gasteiger partial charge in [0.2, 0.25) is 10.1 Å². The van der Waals surface area contributed by atoms with E-state index in [1.807, 2.05) is 0 Å². The number of carbonyl (C=O) groups is 1. The van der Waals surface area contributed by atoms with E-state index in [2.05, 4.69) is 27.1 Å². The third-order valence-electron chi connectivity index (χ3n) is 4.32. The van der Waals surface area contributed by atoms with Crippen molar-refractivity contribution in [2.75, 3.05) is 12.4 Å². The average molecular weight is 508 g/mol. The molecule has 8 nitrogen and oxygen atoms in total. The molecule has 0 aliphatic heterocycles. The van der Waals surface area contributed by atoms with Crippen molar-refractivity contribution in [1.82, 2.24) is 19.6 Å². The number of hydrogen-bond donors (Lipinski definition) is 1. The predicted octanol–water partition coefficient (Wildman–Crippen LogP) is 5.61. The number of ether oxygens (including phenoxy) is 2. The Hall–Kier alpha value is -3.71. The standard InChI is InChI=1S/C21H16F3N5O3S2/c1-11(2)32-16-12(5-4-6-14(16)31-3)7-8-13-15(29-9-10-33-20(29)25-13)17(30)26-19-28-27-18(34-19)21(22,23)24/h4-10H,1H2,2-3H3,(H,26,28,30)/b8-7+. The van der Waals surface area contributed by atoms with E-state index in [0.29, 0.717) is 33.5 Å². The van der Waals surface area contributed by atoms with Gasteiger partial charge in [0.1, 0.15) is 5.69 Å². The number of methoxy groups -OCH3 is 1. The maximum absolute atomic E-state index is 13.0. The van der Waals surface area contributed by atoms with Crippen LogP contribution in [-0.2, 0) is 6.18 Å². The molecule has 0 atom stereocenters. The highest BCUT2D eigenvalue weighted by Crippen LogP contribution is 2.35. The van der Waals surface area contributed by atoms with Crippen molar-refractivity contribution < 1.29 is 27.4 Å². The van der Waals surface area contributed by atoms with E-state index in [-0.39, 0.29) is 22.2 Å². The number of imidazole rings is 1. The minimum atomic E-state index is -4.65. The Morgan fingerprint density at radius 3 is 2.74 bits per heavy atom. The van der Waals surface area contributed by atoms with Crippen LogP contribution in [0.5, 0.6) is 11.5 Å². The minimum absolute atomic E-state index is 0.126. The molecule has 0 aliphatic rings. The van der Waals surface area contributed by atoms with Crippen LogP contribution < -0.4 is 14.8 Å². The molecule has 3 aromatic heterocycles. The zero-order chi connectivity index (χ0) is 24.5. The van der Waals surface area contributed by atoms with Crippen molar-refractivity contribution in [3.05, 3.63) is 64.1 Å². The summed E-state index contributed by atoms with van der Waals surface area (Å²) in [6.45, 7) is 5.45. The first kappa shape index (κ1) is 23.4. The van der Waals surface area contributed by atoms with E-state index in [9.17, 15) is 18.0 Å². The van der Waals surface area contributed by atoms with E-state index in [0.717, 1.165) is 0 Å². The highest BCUT2D eigenvalue weighted by molar-refractivity contribution is 7.15. The fourth-order valence-electron chi connectivity index (χ4n) is 2.97. The van der Waals surface area contributed by atoms with Crippen molar-refractivity contribution in [3.63, 3.8) is 0 Å². The number of alkyl halides is 3. The molecule has 1 N–H and O–H groups in total. The smallest absolute Gasteiger partial charge is 0.445 e. The van der Waals surface area contributed by atoms with E-state index in [1.54, 1.807) is 53.3 Å². The van der Waals surface area contributed by atoms with E-state index in [1.165, 1.54) is 18.4 Å². The molecule has 13 heteroatoms. The summed E-state index contributed by atoms with van der Waals surface area (Å²) in [6.07, 6.45) is 0.292. The van der Waals surface area contributed by atoms with Crippen molar-refractivity contribution in [2.24, 2.45) is 0 Å². The van der Waals surface area contributed by atoms with Crippen LogP contribution in [-0.4, -0.2) is 32.6 Å². The van der Waals surface area contributed by atoms with Crippen LogP contribution in [0.3, 0.4) is 0 Å². The number of rotatable bonds is 7. The summed E-state index contributed by atoms with van der Waals surface area (Å²) in [5.74, 6) is 0.705. The maximum Gasteiger partial charge on any atom is 0.445 e. The van der Waals surface area contributed by atoms with Crippen LogP contribution >= 0.6 is 22.7 Å². The number of nitrogens with zero attached hydrogens (tertiary/aromatic N) is 4. The second-order valence-electron chi connectivity index (χ2n) is 6.78. The molecule has 0 saturated carbocycles. The Labute approximate surface area is 199 Å². The van der Waals surface area contributed by atoms with Crippen molar-refractivity contribution in [3.8, 4) is 11.5 Å². The predicted molar refractivity (Wildman–Crippen MR) is 123 cm³/mol. The zero-order valence-corrected chi connectivity index (χ0v) is 19.3. The van der Waals surface area contributed by atoms with Gasteiger partial charge in [0.15, 0.2) is 16.5 Å². The molecule has 0 aliphatic carbocycles. The third-order valence-corrected chi connectivity index (χ3v) is 5.96. The van der Waals surface area contributed by atoms with Crippen LogP contribution in [0.4, 0.5) is 18.3 Å². The lowest BCUT2D eigenvalue weighted by atomic mass is 10.1. The van der Waals surface area contributed by atoms with Gasteiger partial charge in [-0.1, -0.05) is 30.0 Å². The van der Waals surface area contributed by atoms with Gasteiger partial charge >= 0.3 is 6.18 Å². The first-order chi connectivity index (χ1) is 16.2. The quantitative estimate of drug-likeness (QED) is 0.327. The molecule has 0 saturated heterocycles. The molecule has 0 unspecified atom stereocenters. The van der Waals surface area contributed by atoms with Gasteiger partial charge in [-0.05, 0) is 25.1 Å². The molecule has 4 rings (SSSR count). The Morgan fingerprint density at radius 2 is 2.06 bits per heavy atom. The lowest BCUT2D eigenvalue weighted by molar-refractivity contribution is -0.138. The number of nitrogens with one attached hydrogen (secondary N) is 1. The summed E-state index contributed by atoms with van der Waals surface area (Å²) < 4.78 is 51.1. The largest absolute Gasteiger partial charge is 0.493 e. The molecule has 1 amide bonds. The lowest BCUT2D eigenvalue weighted by Gasteiger charge is -2.12. The number of amides is 1. The molecule has 3 heterocycles. The summed E-state index contributed by atoms with van der Waals surface area (Å²) in [5, 5.41) is 9.18. The second-order valence-corrected chi connectivity index (χ2v) is 8.63. The van der Waals surface area contributed by atoms with Gasteiger partial charge in [0.05, 0.1) is 18.6 Å². The summed E-state index contributed by atoms with van der Waals surface area (Å²) >= 11 is 1.54. The molecule has 0 spiro atoms. The monoisotopic (exact) mass is 507 g/mol. The van der Waals surface area contributed by atoms with Gasteiger partial charge in [0.25, 0.3) is 5.91 Å². The third kappa shape index (κ3) is 4.79. The Morgan fingerprint density at radius 1 is 1.26 bits per heavy atom. The number of aromatic nitrogens is 4. The van der Waals surface area contributed by atoms with Gasteiger partial charge in [-0.2, -0.15) is 13.2 Å². The summed E-state index contributed by atoms with van der Waals surface area (Å²) in [6, 6.07) is 5.30. The highest BCUT2D eigenvalue weighted by atomic mass is 32.1. The molecular formula is C21H16F3N5O3S2. The average Bonchev–Trinajstić information content (AvgIpc) is 3.48. The summed E-state index contributed by atoms with van der Waals surface area (Å²) in [4.78, 5) is 18.0. The fraction of sp³-hybridized carbons (Fsp3) is 0.143. The maximum atomic E-state index is 13.0. The lowest BCUT2D eigenvalue weighted by Crippen LogP contribution is -2.15. The van der Waals surface area contributed by atoms with Gasteiger partial charge in [0, 0.05) is 17.1 Å². The van der Waals surface area contributed by atoms with E-state index in [4.69, 9.17) is 9.47 Å². The van der Waals surface area contributed by atoms with Crippen molar-refractivity contribution >= 4 is 50.8 Å². The fourth-order valence-corrected chi connectivity index (χ4v) is 4.29. The van der Waals surface area contributed by atoms with Gasteiger partial charge in [-0.15, -0.1) is 21.5 Å². The Kier molecular flexibility index (Phi) is 6.39. The summed E-state index contributed by atoms with van der Waals surface area (Å²) in [7, 11) is 1.51. The SMILES string of the molecule is C=C(C)Oc1c(/C=C/c2nc3sccn3c2C(=O)Nc2nnc(C(F)(F)F)s2)cccc1OC. The van der Waals surface area contributed by atoms with E-state index < -0.39 is 17.1 Å². The van der Waals surface area contributed by atoms with Crippen LogP contribution in [0.2, 0.25) is 0 Å². The van der Waals surface area contributed by atoms with Gasteiger partial charge in [-0.3, -0.25) is 14.5 Å². The summed E-state index contributed by atoms with van der Waals surface area (Å²) in [5.41, 5.74) is 1.07. The number of fused-ring (bicyclic) bond motifs is 1.